The van der Waals surface area contributed by atoms with Gasteiger partial charge in [-0.3, -0.25) is 4.68 Å². The van der Waals surface area contributed by atoms with E-state index in [1.807, 2.05) is 43.6 Å². The second-order valence-corrected chi connectivity index (χ2v) is 3.47. The number of aromatic nitrogens is 2. The molecule has 1 heterocycles. The lowest BCUT2D eigenvalue weighted by Crippen LogP contribution is -1.91. The Kier molecular flexibility index (Phi) is 3.38. The van der Waals surface area contributed by atoms with E-state index in [0.717, 1.165) is 5.75 Å². The molecule has 0 amide bonds. The van der Waals surface area contributed by atoms with Crippen LogP contribution in [0.25, 0.3) is 6.08 Å². The smallest absolute Gasteiger partial charge is 0.157 e. The first-order chi connectivity index (χ1) is 7.84. The van der Waals surface area contributed by atoms with Gasteiger partial charge in [-0.05, 0) is 11.6 Å². The normalized spacial score (nSPS) is 10.8. The molecule has 2 aromatic rings. The van der Waals surface area contributed by atoms with Crippen molar-refractivity contribution in [3.63, 3.8) is 0 Å². The third-order valence-corrected chi connectivity index (χ3v) is 2.14. The number of hydrogen-bond acceptors (Lipinski definition) is 2. The van der Waals surface area contributed by atoms with Crippen molar-refractivity contribution < 1.29 is 4.74 Å². The molecule has 1 aromatic carbocycles. The number of aryl methyl sites for hydroxylation is 1. The van der Waals surface area contributed by atoms with Crippen molar-refractivity contribution in [2.75, 3.05) is 6.61 Å². The summed E-state index contributed by atoms with van der Waals surface area (Å²) < 4.78 is 7.20. The molecule has 82 valence electrons. The average molecular weight is 214 g/mol. The van der Waals surface area contributed by atoms with E-state index in [2.05, 4.69) is 17.2 Å². The molecule has 1 aromatic heterocycles. The standard InChI is InChI=1S/C13H14N2O/c1-15-11-13(10-14-15)16-9-5-8-12-6-3-2-4-7-12/h2-8,10-11H,9H2,1H3/b8-5+. The lowest BCUT2D eigenvalue weighted by Gasteiger charge is -1.97. The van der Waals surface area contributed by atoms with Crippen LogP contribution < -0.4 is 4.74 Å². The summed E-state index contributed by atoms with van der Waals surface area (Å²) in [7, 11) is 1.87. The average Bonchev–Trinajstić information content (AvgIpc) is 2.72. The predicted octanol–water partition coefficient (Wildman–Crippen LogP) is 2.51. The Labute approximate surface area is 95.0 Å². The Morgan fingerprint density at radius 2 is 2.12 bits per heavy atom. The quantitative estimate of drug-likeness (QED) is 0.782. The summed E-state index contributed by atoms with van der Waals surface area (Å²) in [6.45, 7) is 0.556. The van der Waals surface area contributed by atoms with Crippen LogP contribution in [0.2, 0.25) is 0 Å². The highest BCUT2D eigenvalue weighted by atomic mass is 16.5. The predicted molar refractivity (Wildman–Crippen MR) is 64.2 cm³/mol. The van der Waals surface area contributed by atoms with E-state index in [1.54, 1.807) is 10.9 Å². The van der Waals surface area contributed by atoms with Gasteiger partial charge in [-0.2, -0.15) is 5.10 Å². The molecule has 0 unspecified atom stereocenters. The highest BCUT2D eigenvalue weighted by Crippen LogP contribution is 2.07. The molecule has 0 saturated carbocycles. The van der Waals surface area contributed by atoms with Gasteiger partial charge < -0.3 is 4.74 Å². The molecule has 0 aliphatic heterocycles. The summed E-state index contributed by atoms with van der Waals surface area (Å²) in [6.07, 6.45) is 7.57. The summed E-state index contributed by atoms with van der Waals surface area (Å²) in [5, 5.41) is 4.02. The van der Waals surface area contributed by atoms with Gasteiger partial charge in [0.25, 0.3) is 0 Å². The van der Waals surface area contributed by atoms with Crippen LogP contribution in [0.5, 0.6) is 5.75 Å². The molecule has 0 saturated heterocycles. The van der Waals surface area contributed by atoms with Crippen LogP contribution in [0.3, 0.4) is 0 Å². The fourth-order valence-corrected chi connectivity index (χ4v) is 1.37. The largest absolute Gasteiger partial charge is 0.486 e. The fourth-order valence-electron chi connectivity index (χ4n) is 1.37. The summed E-state index contributed by atoms with van der Waals surface area (Å²) in [5.74, 6) is 0.792. The molecule has 2 rings (SSSR count). The lowest BCUT2D eigenvalue weighted by molar-refractivity contribution is 0.363. The van der Waals surface area contributed by atoms with Crippen LogP contribution in [0.4, 0.5) is 0 Å². The number of hydrogen-bond donors (Lipinski definition) is 0. The maximum absolute atomic E-state index is 5.48. The monoisotopic (exact) mass is 214 g/mol. The second-order valence-electron chi connectivity index (χ2n) is 3.47. The van der Waals surface area contributed by atoms with E-state index in [0.29, 0.717) is 6.61 Å². The fraction of sp³-hybridized carbons (Fsp3) is 0.154. The van der Waals surface area contributed by atoms with Crippen LogP contribution in [0, 0.1) is 0 Å². The van der Waals surface area contributed by atoms with Crippen LogP contribution in [0.1, 0.15) is 5.56 Å². The van der Waals surface area contributed by atoms with Crippen molar-refractivity contribution >= 4 is 6.08 Å². The van der Waals surface area contributed by atoms with Gasteiger partial charge in [-0.25, -0.2) is 0 Å². The van der Waals surface area contributed by atoms with E-state index < -0.39 is 0 Å². The first-order valence-electron chi connectivity index (χ1n) is 5.17. The van der Waals surface area contributed by atoms with Crippen molar-refractivity contribution in [2.45, 2.75) is 0 Å². The van der Waals surface area contributed by atoms with Gasteiger partial charge in [-0.1, -0.05) is 36.4 Å². The van der Waals surface area contributed by atoms with Gasteiger partial charge in [0.05, 0.1) is 12.4 Å². The topological polar surface area (TPSA) is 27.1 Å². The van der Waals surface area contributed by atoms with E-state index in [1.165, 1.54) is 5.56 Å². The Hall–Kier alpha value is -2.03. The number of benzene rings is 1. The lowest BCUT2D eigenvalue weighted by atomic mass is 10.2. The molecular formula is C13H14N2O. The number of nitrogens with zero attached hydrogens (tertiary/aromatic N) is 2. The molecule has 0 fully saturated rings. The van der Waals surface area contributed by atoms with Crippen molar-refractivity contribution in [1.82, 2.24) is 9.78 Å². The van der Waals surface area contributed by atoms with Crippen LogP contribution >= 0.6 is 0 Å². The van der Waals surface area contributed by atoms with Crippen LogP contribution in [-0.4, -0.2) is 16.4 Å². The van der Waals surface area contributed by atoms with Gasteiger partial charge in [0, 0.05) is 7.05 Å². The number of ether oxygens (including phenoxy) is 1. The van der Waals surface area contributed by atoms with E-state index >= 15 is 0 Å². The summed E-state index contributed by atoms with van der Waals surface area (Å²) in [4.78, 5) is 0. The minimum atomic E-state index is 0.556. The van der Waals surface area contributed by atoms with Crippen molar-refractivity contribution in [3.05, 3.63) is 54.4 Å². The molecule has 0 radical (unpaired) electrons. The zero-order chi connectivity index (χ0) is 11.2. The molecule has 0 aliphatic carbocycles. The molecule has 0 atom stereocenters. The minimum Gasteiger partial charge on any atom is -0.486 e. The van der Waals surface area contributed by atoms with Crippen molar-refractivity contribution in [3.8, 4) is 5.75 Å². The summed E-state index contributed by atoms with van der Waals surface area (Å²) in [6, 6.07) is 10.1. The molecule has 0 aliphatic rings. The zero-order valence-electron chi connectivity index (χ0n) is 9.21. The maximum Gasteiger partial charge on any atom is 0.157 e. The van der Waals surface area contributed by atoms with Gasteiger partial charge in [0.15, 0.2) is 5.75 Å². The van der Waals surface area contributed by atoms with E-state index in [4.69, 9.17) is 4.74 Å². The Morgan fingerprint density at radius 3 is 2.81 bits per heavy atom. The Balaban J connectivity index is 1.82. The summed E-state index contributed by atoms with van der Waals surface area (Å²) in [5.41, 5.74) is 1.18. The maximum atomic E-state index is 5.48. The van der Waals surface area contributed by atoms with E-state index in [9.17, 15) is 0 Å². The van der Waals surface area contributed by atoms with Crippen molar-refractivity contribution in [2.24, 2.45) is 7.05 Å². The van der Waals surface area contributed by atoms with E-state index in [-0.39, 0.29) is 0 Å². The minimum absolute atomic E-state index is 0.556. The van der Waals surface area contributed by atoms with Gasteiger partial charge in [-0.15, -0.1) is 0 Å². The SMILES string of the molecule is Cn1cc(OC/C=C/c2ccccc2)cn1. The third-order valence-electron chi connectivity index (χ3n) is 2.14. The van der Waals surface area contributed by atoms with Gasteiger partial charge in [0.2, 0.25) is 0 Å². The van der Waals surface area contributed by atoms with Gasteiger partial charge >= 0.3 is 0 Å². The Morgan fingerprint density at radius 1 is 1.31 bits per heavy atom. The second kappa shape index (κ2) is 5.16. The zero-order valence-corrected chi connectivity index (χ0v) is 9.21. The molecule has 3 nitrogen and oxygen atoms in total. The molecule has 3 heteroatoms. The van der Waals surface area contributed by atoms with Crippen LogP contribution in [0.15, 0.2) is 48.8 Å². The molecule has 0 bridgehead atoms. The highest BCUT2D eigenvalue weighted by Gasteiger charge is 1.93. The summed E-state index contributed by atoms with van der Waals surface area (Å²) >= 11 is 0. The molecule has 16 heavy (non-hydrogen) atoms. The number of rotatable bonds is 4. The first-order valence-corrected chi connectivity index (χ1v) is 5.17. The molecule has 0 N–H and O–H groups in total. The van der Waals surface area contributed by atoms with Gasteiger partial charge in [0.1, 0.15) is 6.61 Å². The molecular weight excluding hydrogens is 200 g/mol. The van der Waals surface area contributed by atoms with Crippen LogP contribution in [-0.2, 0) is 7.05 Å². The first kappa shape index (κ1) is 10.5. The molecule has 0 spiro atoms. The highest BCUT2D eigenvalue weighted by molar-refractivity contribution is 5.48. The van der Waals surface area contributed by atoms with Crippen molar-refractivity contribution in [1.29, 1.82) is 0 Å². The third kappa shape index (κ3) is 2.98. The Bertz CT molecular complexity index is 460.